The number of hydrogen-bond acceptors (Lipinski definition) is 6. The van der Waals surface area contributed by atoms with Crippen molar-refractivity contribution in [2.75, 3.05) is 0 Å². The van der Waals surface area contributed by atoms with Gasteiger partial charge in [-0.05, 0) is 30.9 Å². The molecule has 2 unspecified atom stereocenters. The molecule has 0 saturated carbocycles. The number of nitrogens with one attached hydrogen (secondary N) is 1. The Morgan fingerprint density at radius 1 is 0.806 bits per heavy atom. The van der Waals surface area contributed by atoms with Crippen molar-refractivity contribution < 1.29 is 23.9 Å². The van der Waals surface area contributed by atoms with Gasteiger partial charge < -0.3 is 20.5 Å². The molecule has 0 aromatic heterocycles. The van der Waals surface area contributed by atoms with E-state index in [0.29, 0.717) is 6.42 Å². The summed E-state index contributed by atoms with van der Waals surface area (Å²) >= 11 is 0. The van der Waals surface area contributed by atoms with Gasteiger partial charge in [0.15, 0.2) is 0 Å². The Morgan fingerprint density at radius 2 is 1.26 bits per heavy atom. The van der Waals surface area contributed by atoms with Crippen LogP contribution < -0.4 is 11.1 Å². The lowest BCUT2D eigenvalue weighted by atomic mass is 10.1. The third-order valence-electron chi connectivity index (χ3n) is 4.65. The van der Waals surface area contributed by atoms with Gasteiger partial charge in [-0.25, -0.2) is 0 Å². The molecule has 2 aromatic rings. The van der Waals surface area contributed by atoms with Crippen LogP contribution in [-0.4, -0.2) is 29.9 Å². The first-order chi connectivity index (χ1) is 14.9. The summed E-state index contributed by atoms with van der Waals surface area (Å²) in [6.45, 7) is 2.22. The molecule has 0 bridgehead atoms. The summed E-state index contributed by atoms with van der Waals surface area (Å²) < 4.78 is 10.4. The normalized spacial score (nSPS) is 12.5. The van der Waals surface area contributed by atoms with E-state index in [1.165, 1.54) is 0 Å². The van der Waals surface area contributed by atoms with Crippen LogP contribution in [0.4, 0.5) is 0 Å². The predicted octanol–water partition coefficient (Wildman–Crippen LogP) is 2.87. The molecule has 0 aliphatic carbocycles. The Morgan fingerprint density at radius 3 is 1.74 bits per heavy atom. The number of rotatable bonds is 12. The Hall–Kier alpha value is -3.19. The van der Waals surface area contributed by atoms with Gasteiger partial charge in [0.1, 0.15) is 13.2 Å². The number of benzene rings is 2. The maximum Gasteiger partial charge on any atom is 0.306 e. The third kappa shape index (κ3) is 9.91. The number of nitrogens with two attached hydrogens (primary N) is 1. The third-order valence-corrected chi connectivity index (χ3v) is 4.65. The van der Waals surface area contributed by atoms with Gasteiger partial charge in [0.25, 0.3) is 0 Å². The Labute approximate surface area is 182 Å². The van der Waals surface area contributed by atoms with Crippen LogP contribution in [-0.2, 0) is 37.1 Å². The maximum atomic E-state index is 12.2. The molecule has 0 saturated heterocycles. The summed E-state index contributed by atoms with van der Waals surface area (Å²) in [4.78, 5) is 35.9. The molecule has 0 fully saturated rings. The summed E-state index contributed by atoms with van der Waals surface area (Å²) in [6, 6.07) is 17.7. The van der Waals surface area contributed by atoms with Crippen LogP contribution in [0.5, 0.6) is 0 Å². The second kappa shape index (κ2) is 13.2. The molecule has 1 amide bonds. The van der Waals surface area contributed by atoms with Crippen molar-refractivity contribution in [2.24, 2.45) is 5.73 Å². The van der Waals surface area contributed by atoms with Gasteiger partial charge in [0, 0.05) is 18.9 Å². The van der Waals surface area contributed by atoms with E-state index in [2.05, 4.69) is 5.32 Å². The van der Waals surface area contributed by atoms with Crippen molar-refractivity contribution in [1.82, 2.24) is 5.32 Å². The quantitative estimate of drug-likeness (QED) is 0.505. The van der Waals surface area contributed by atoms with Gasteiger partial charge in [0.05, 0.1) is 6.04 Å². The Bertz CT molecular complexity index is 826. The number of esters is 2. The first-order valence-electron chi connectivity index (χ1n) is 10.4. The first kappa shape index (κ1) is 24.1. The summed E-state index contributed by atoms with van der Waals surface area (Å²) in [5, 5.41) is 2.77. The van der Waals surface area contributed by atoms with Crippen molar-refractivity contribution >= 4 is 17.8 Å². The summed E-state index contributed by atoms with van der Waals surface area (Å²) in [5.41, 5.74) is 7.70. The van der Waals surface area contributed by atoms with E-state index in [-0.39, 0.29) is 50.4 Å². The highest BCUT2D eigenvalue weighted by Crippen LogP contribution is 2.06. The average Bonchev–Trinajstić information content (AvgIpc) is 2.79. The molecule has 31 heavy (non-hydrogen) atoms. The summed E-state index contributed by atoms with van der Waals surface area (Å²) in [6.07, 6.45) is 0.868. The highest BCUT2D eigenvalue weighted by molar-refractivity contribution is 5.82. The predicted molar refractivity (Wildman–Crippen MR) is 117 cm³/mol. The van der Waals surface area contributed by atoms with Gasteiger partial charge in [-0.2, -0.15) is 0 Å². The van der Waals surface area contributed by atoms with E-state index >= 15 is 0 Å². The van der Waals surface area contributed by atoms with Crippen molar-refractivity contribution in [1.29, 1.82) is 0 Å². The van der Waals surface area contributed by atoms with Crippen LogP contribution >= 0.6 is 0 Å². The lowest BCUT2D eigenvalue weighted by molar-refractivity contribution is -0.146. The number of carbonyl (C=O) groups is 3. The Kier molecular flexibility index (Phi) is 10.2. The van der Waals surface area contributed by atoms with E-state index in [1.54, 1.807) is 6.92 Å². The molecule has 0 heterocycles. The van der Waals surface area contributed by atoms with Crippen LogP contribution in [0.3, 0.4) is 0 Å². The first-order valence-corrected chi connectivity index (χ1v) is 10.4. The number of ether oxygens (including phenoxy) is 2. The van der Waals surface area contributed by atoms with Gasteiger partial charge in [0.2, 0.25) is 5.91 Å². The largest absolute Gasteiger partial charge is 0.461 e. The smallest absolute Gasteiger partial charge is 0.306 e. The fourth-order valence-corrected chi connectivity index (χ4v) is 2.78. The SMILES string of the molecule is CC(CCC(=O)OCc1ccccc1)NC(=O)C(N)CCC(=O)OCc1ccccc1. The second-order valence-electron chi connectivity index (χ2n) is 7.39. The lowest BCUT2D eigenvalue weighted by Crippen LogP contribution is -2.44. The van der Waals surface area contributed by atoms with E-state index in [4.69, 9.17) is 15.2 Å². The summed E-state index contributed by atoms with van der Waals surface area (Å²) in [7, 11) is 0. The highest BCUT2D eigenvalue weighted by atomic mass is 16.5. The lowest BCUT2D eigenvalue weighted by Gasteiger charge is -2.17. The minimum atomic E-state index is -0.822. The second-order valence-corrected chi connectivity index (χ2v) is 7.39. The molecule has 2 aromatic carbocycles. The Balaban J connectivity index is 1.59. The maximum absolute atomic E-state index is 12.2. The van der Waals surface area contributed by atoms with Crippen molar-refractivity contribution in [3.8, 4) is 0 Å². The van der Waals surface area contributed by atoms with E-state index < -0.39 is 12.0 Å². The minimum Gasteiger partial charge on any atom is -0.461 e. The molecule has 3 N–H and O–H groups in total. The van der Waals surface area contributed by atoms with Gasteiger partial charge in [-0.3, -0.25) is 14.4 Å². The van der Waals surface area contributed by atoms with E-state index in [1.807, 2.05) is 60.7 Å². The molecule has 166 valence electrons. The zero-order valence-corrected chi connectivity index (χ0v) is 17.8. The topological polar surface area (TPSA) is 108 Å². The molecule has 0 radical (unpaired) electrons. The van der Waals surface area contributed by atoms with Gasteiger partial charge in [-0.1, -0.05) is 60.7 Å². The number of amides is 1. The number of carbonyl (C=O) groups excluding carboxylic acids is 3. The molecule has 7 nitrogen and oxygen atoms in total. The molecule has 2 rings (SSSR count). The summed E-state index contributed by atoms with van der Waals surface area (Å²) in [5.74, 6) is -1.09. The van der Waals surface area contributed by atoms with Crippen LogP contribution in [0, 0.1) is 0 Å². The number of hydrogen-bond donors (Lipinski definition) is 2. The van der Waals surface area contributed by atoms with Crippen LogP contribution in [0.15, 0.2) is 60.7 Å². The van der Waals surface area contributed by atoms with Crippen molar-refractivity contribution in [2.45, 2.75) is 57.9 Å². The molecular weight excluding hydrogens is 396 g/mol. The van der Waals surface area contributed by atoms with Crippen LogP contribution in [0.1, 0.15) is 43.7 Å². The van der Waals surface area contributed by atoms with Gasteiger partial charge in [-0.15, -0.1) is 0 Å². The molecule has 0 aliphatic heterocycles. The standard InChI is InChI=1S/C24H30N2O5/c1-18(12-14-22(27)30-16-19-8-4-2-5-9-19)26-24(29)21(25)13-15-23(28)31-17-20-10-6-3-7-11-20/h2-11,18,21H,12-17,25H2,1H3,(H,26,29). The van der Waals surface area contributed by atoms with Crippen molar-refractivity contribution in [3.05, 3.63) is 71.8 Å². The zero-order chi connectivity index (χ0) is 22.5. The molecule has 0 aliphatic rings. The molecule has 2 atom stereocenters. The molecule has 0 spiro atoms. The molecule has 7 heteroatoms. The average molecular weight is 427 g/mol. The minimum absolute atomic E-state index is 0.0572. The molecular formula is C24H30N2O5. The fraction of sp³-hybridized carbons (Fsp3) is 0.375. The van der Waals surface area contributed by atoms with Crippen LogP contribution in [0.2, 0.25) is 0 Å². The van der Waals surface area contributed by atoms with E-state index in [9.17, 15) is 14.4 Å². The highest BCUT2D eigenvalue weighted by Gasteiger charge is 2.18. The van der Waals surface area contributed by atoms with E-state index in [0.717, 1.165) is 11.1 Å². The zero-order valence-electron chi connectivity index (χ0n) is 17.8. The van der Waals surface area contributed by atoms with Crippen molar-refractivity contribution in [3.63, 3.8) is 0 Å². The van der Waals surface area contributed by atoms with Gasteiger partial charge >= 0.3 is 11.9 Å². The van der Waals surface area contributed by atoms with Crippen LogP contribution in [0.25, 0.3) is 0 Å². The fourth-order valence-electron chi connectivity index (χ4n) is 2.78. The monoisotopic (exact) mass is 426 g/mol.